The molecular weight excluding hydrogens is 220 g/mol. The van der Waals surface area contributed by atoms with Crippen LogP contribution in [0.1, 0.15) is 5.56 Å². The van der Waals surface area contributed by atoms with Crippen LogP contribution >= 0.6 is 0 Å². The number of ether oxygens (including phenoxy) is 1. The number of methoxy groups -OCH3 is 1. The number of rotatable bonds is 3. The summed E-state index contributed by atoms with van der Waals surface area (Å²) < 4.78 is 30.8. The first-order chi connectivity index (χ1) is 7.60. The van der Waals surface area contributed by atoms with E-state index in [4.69, 9.17) is 5.53 Å². The maximum Gasteiger partial charge on any atom is 0.310 e. The minimum absolute atomic E-state index is 0.152. The molecular formula is C9H7F2N3O2. The molecule has 0 aliphatic carbocycles. The largest absolute Gasteiger partial charge is 0.469 e. The first kappa shape index (κ1) is 11.9. The summed E-state index contributed by atoms with van der Waals surface area (Å²) in [7, 11) is 1.14. The lowest BCUT2D eigenvalue weighted by molar-refractivity contribution is -0.139. The van der Waals surface area contributed by atoms with Gasteiger partial charge in [-0.2, -0.15) is 0 Å². The average Bonchev–Trinajstić information content (AvgIpc) is 2.28. The van der Waals surface area contributed by atoms with Gasteiger partial charge < -0.3 is 4.74 Å². The Labute approximate surface area is 89.3 Å². The van der Waals surface area contributed by atoms with Gasteiger partial charge in [0.2, 0.25) is 0 Å². The van der Waals surface area contributed by atoms with Crippen molar-refractivity contribution in [2.45, 2.75) is 6.42 Å². The van der Waals surface area contributed by atoms with E-state index in [1.54, 1.807) is 0 Å². The lowest BCUT2D eigenvalue weighted by Crippen LogP contribution is -2.07. The van der Waals surface area contributed by atoms with E-state index < -0.39 is 23.3 Å². The molecule has 0 N–H and O–H groups in total. The second-order valence-electron chi connectivity index (χ2n) is 2.81. The summed E-state index contributed by atoms with van der Waals surface area (Å²) in [5.74, 6) is -3.18. The Hall–Kier alpha value is -2.14. The van der Waals surface area contributed by atoms with Crippen LogP contribution in [0.25, 0.3) is 10.4 Å². The fourth-order valence-corrected chi connectivity index (χ4v) is 1.07. The lowest BCUT2D eigenvalue weighted by Gasteiger charge is -2.04. The van der Waals surface area contributed by atoms with E-state index in [0.29, 0.717) is 0 Å². The highest BCUT2D eigenvalue weighted by Crippen LogP contribution is 2.23. The number of hydrogen-bond acceptors (Lipinski definition) is 3. The van der Waals surface area contributed by atoms with Gasteiger partial charge >= 0.3 is 5.97 Å². The molecule has 0 unspecified atom stereocenters. The molecule has 7 heteroatoms. The fraction of sp³-hybridized carbons (Fsp3) is 0.222. The van der Waals surface area contributed by atoms with Crippen molar-refractivity contribution < 1.29 is 18.3 Å². The quantitative estimate of drug-likeness (QED) is 0.344. The van der Waals surface area contributed by atoms with Crippen molar-refractivity contribution in [1.29, 1.82) is 0 Å². The van der Waals surface area contributed by atoms with Crippen LogP contribution in [-0.2, 0) is 16.0 Å². The SMILES string of the molecule is COC(=O)Cc1ccc(N=[N+]=[N-])c(F)c1F. The van der Waals surface area contributed by atoms with E-state index >= 15 is 0 Å². The molecule has 0 bridgehead atoms. The summed E-state index contributed by atoms with van der Waals surface area (Å²) in [5.41, 5.74) is 7.48. The Morgan fingerprint density at radius 3 is 2.75 bits per heavy atom. The van der Waals surface area contributed by atoms with E-state index in [-0.39, 0.29) is 12.0 Å². The number of carbonyl (C=O) groups is 1. The molecule has 0 saturated heterocycles. The third-order valence-corrected chi connectivity index (χ3v) is 1.86. The zero-order valence-electron chi connectivity index (χ0n) is 8.28. The highest BCUT2D eigenvalue weighted by Gasteiger charge is 2.15. The third kappa shape index (κ3) is 2.46. The van der Waals surface area contributed by atoms with E-state index in [1.165, 1.54) is 6.07 Å². The predicted molar refractivity (Wildman–Crippen MR) is 50.9 cm³/mol. The van der Waals surface area contributed by atoms with Crippen LogP contribution in [0.4, 0.5) is 14.5 Å². The topological polar surface area (TPSA) is 75.1 Å². The smallest absolute Gasteiger partial charge is 0.310 e. The monoisotopic (exact) mass is 227 g/mol. The Morgan fingerprint density at radius 1 is 1.50 bits per heavy atom. The molecule has 1 aromatic carbocycles. The number of esters is 1. The molecule has 84 valence electrons. The zero-order chi connectivity index (χ0) is 12.1. The second-order valence-corrected chi connectivity index (χ2v) is 2.81. The van der Waals surface area contributed by atoms with Crippen LogP contribution in [0.5, 0.6) is 0 Å². The van der Waals surface area contributed by atoms with Gasteiger partial charge in [-0.15, -0.1) is 0 Å². The van der Waals surface area contributed by atoms with Crippen molar-refractivity contribution in [2.24, 2.45) is 5.11 Å². The van der Waals surface area contributed by atoms with E-state index in [2.05, 4.69) is 14.8 Å². The van der Waals surface area contributed by atoms with Crippen molar-refractivity contribution in [2.75, 3.05) is 7.11 Å². The summed E-state index contributed by atoms with van der Waals surface area (Å²) >= 11 is 0. The fourth-order valence-electron chi connectivity index (χ4n) is 1.07. The minimum Gasteiger partial charge on any atom is -0.469 e. The molecule has 0 amide bonds. The highest BCUT2D eigenvalue weighted by molar-refractivity contribution is 5.72. The van der Waals surface area contributed by atoms with Gasteiger partial charge in [0.05, 0.1) is 19.2 Å². The van der Waals surface area contributed by atoms with Crippen LogP contribution in [0.2, 0.25) is 0 Å². The Balaban J connectivity index is 3.11. The molecule has 0 aliphatic heterocycles. The van der Waals surface area contributed by atoms with Gasteiger partial charge in [-0.3, -0.25) is 4.79 Å². The number of halogens is 2. The Kier molecular flexibility index (Phi) is 3.79. The van der Waals surface area contributed by atoms with Gasteiger partial charge in [0.25, 0.3) is 0 Å². The molecule has 16 heavy (non-hydrogen) atoms. The van der Waals surface area contributed by atoms with Gasteiger partial charge in [0.15, 0.2) is 11.6 Å². The standard InChI is InChI=1S/C9H7F2N3O2/c1-16-7(15)4-5-2-3-6(13-14-12)9(11)8(5)10/h2-3H,4H2,1H3. The van der Waals surface area contributed by atoms with Gasteiger partial charge in [-0.1, -0.05) is 11.2 Å². The summed E-state index contributed by atoms with van der Waals surface area (Å²) in [6, 6.07) is 2.26. The van der Waals surface area contributed by atoms with E-state index in [0.717, 1.165) is 13.2 Å². The number of carbonyl (C=O) groups excluding carboxylic acids is 1. The molecule has 0 heterocycles. The molecule has 0 aromatic heterocycles. The molecule has 5 nitrogen and oxygen atoms in total. The van der Waals surface area contributed by atoms with Crippen LogP contribution < -0.4 is 0 Å². The summed E-state index contributed by atoms with van der Waals surface area (Å²) in [4.78, 5) is 13.2. The number of azide groups is 1. The normalized spacial score (nSPS) is 9.44. The molecule has 1 aromatic rings. The summed E-state index contributed by atoms with van der Waals surface area (Å²) in [6.45, 7) is 0. The molecule has 0 fully saturated rings. The van der Waals surface area contributed by atoms with Crippen molar-refractivity contribution in [3.05, 3.63) is 39.8 Å². The molecule has 0 saturated carbocycles. The zero-order valence-corrected chi connectivity index (χ0v) is 8.28. The van der Waals surface area contributed by atoms with Gasteiger partial charge in [0.1, 0.15) is 0 Å². The lowest BCUT2D eigenvalue weighted by atomic mass is 10.1. The predicted octanol–water partition coefficient (Wildman–Crippen LogP) is 2.62. The first-order valence-corrected chi connectivity index (χ1v) is 4.19. The van der Waals surface area contributed by atoms with Crippen molar-refractivity contribution in [3.63, 3.8) is 0 Å². The molecule has 0 aliphatic rings. The van der Waals surface area contributed by atoms with Gasteiger partial charge in [-0.25, -0.2) is 8.78 Å². The molecule has 0 spiro atoms. The number of benzene rings is 1. The van der Waals surface area contributed by atoms with Gasteiger partial charge in [-0.05, 0) is 11.6 Å². The Bertz CT molecular complexity index is 470. The number of hydrogen-bond donors (Lipinski definition) is 0. The van der Waals surface area contributed by atoms with Gasteiger partial charge in [0, 0.05) is 10.5 Å². The van der Waals surface area contributed by atoms with Crippen molar-refractivity contribution in [1.82, 2.24) is 0 Å². The van der Waals surface area contributed by atoms with Crippen LogP contribution in [0, 0.1) is 11.6 Å². The third-order valence-electron chi connectivity index (χ3n) is 1.86. The maximum absolute atomic E-state index is 13.3. The summed E-state index contributed by atoms with van der Waals surface area (Å²) in [5, 5.41) is 2.96. The Morgan fingerprint density at radius 2 is 2.19 bits per heavy atom. The molecule has 0 atom stereocenters. The maximum atomic E-state index is 13.3. The molecule has 1 rings (SSSR count). The van der Waals surface area contributed by atoms with Crippen molar-refractivity contribution in [3.8, 4) is 0 Å². The average molecular weight is 227 g/mol. The van der Waals surface area contributed by atoms with Crippen LogP contribution in [-0.4, -0.2) is 13.1 Å². The molecule has 0 radical (unpaired) electrons. The second kappa shape index (κ2) is 5.09. The van der Waals surface area contributed by atoms with Crippen LogP contribution in [0.3, 0.4) is 0 Å². The highest BCUT2D eigenvalue weighted by atomic mass is 19.2. The van der Waals surface area contributed by atoms with Crippen LogP contribution in [0.15, 0.2) is 17.2 Å². The minimum atomic E-state index is -1.28. The number of nitrogens with zero attached hydrogens (tertiary/aromatic N) is 3. The van der Waals surface area contributed by atoms with E-state index in [1.807, 2.05) is 0 Å². The van der Waals surface area contributed by atoms with E-state index in [9.17, 15) is 13.6 Å². The van der Waals surface area contributed by atoms with Crippen molar-refractivity contribution >= 4 is 11.7 Å². The summed E-state index contributed by atoms with van der Waals surface area (Å²) in [6.07, 6.45) is -0.379. The first-order valence-electron chi connectivity index (χ1n) is 4.19.